The van der Waals surface area contributed by atoms with Crippen LogP contribution in [0.25, 0.3) is 10.1 Å². The topological polar surface area (TPSA) is 26.0 Å². The molecule has 0 aliphatic rings. The number of nitrogens with two attached hydrogens (primary N) is 1. The smallest absolute Gasteiger partial charge is 0.0346 e. The molecule has 1 nitrogen and oxygen atoms in total. The molecule has 2 rings (SSSR count). The average molecular weight is 254 g/mol. The van der Waals surface area contributed by atoms with Gasteiger partial charge in [0.25, 0.3) is 0 Å². The fourth-order valence-corrected chi connectivity index (χ4v) is 2.80. The van der Waals surface area contributed by atoms with Crippen LogP contribution in [0.15, 0.2) is 41.8 Å². The normalized spacial score (nSPS) is 12.1. The van der Waals surface area contributed by atoms with Crippen LogP contribution < -0.4 is 5.73 Å². The molecule has 0 radical (unpaired) electrons. The summed E-state index contributed by atoms with van der Waals surface area (Å²) in [5.41, 5.74) is 8.54. The molecular formula is C13H16ClNS. The zero-order valence-corrected chi connectivity index (χ0v) is 10.9. The molecule has 1 atom stereocenters. The summed E-state index contributed by atoms with van der Waals surface area (Å²) in [5.74, 6) is 0. The number of benzene rings is 1. The Balaban J connectivity index is 0.00000128. The Kier molecular flexibility index (Phi) is 4.54. The summed E-state index contributed by atoms with van der Waals surface area (Å²) in [7, 11) is 0. The third kappa shape index (κ3) is 2.64. The van der Waals surface area contributed by atoms with Gasteiger partial charge in [-0.3, -0.25) is 0 Å². The lowest BCUT2D eigenvalue weighted by molar-refractivity contribution is 0.725. The predicted molar refractivity (Wildman–Crippen MR) is 75.4 cm³/mol. The number of halogens is 1. The summed E-state index contributed by atoms with van der Waals surface area (Å²) in [5, 5.41) is 3.45. The summed E-state index contributed by atoms with van der Waals surface area (Å²) in [6.45, 7) is 5.93. The van der Waals surface area contributed by atoms with Gasteiger partial charge in [-0.2, -0.15) is 0 Å². The number of fused-ring (bicyclic) bond motifs is 1. The highest BCUT2D eigenvalue weighted by Crippen LogP contribution is 2.31. The maximum atomic E-state index is 6.15. The first-order chi connectivity index (χ1) is 7.18. The first-order valence-corrected chi connectivity index (χ1v) is 5.92. The van der Waals surface area contributed by atoms with Gasteiger partial charge < -0.3 is 5.73 Å². The zero-order valence-electron chi connectivity index (χ0n) is 9.27. The lowest BCUT2D eigenvalue weighted by atomic mass is 10.0. The van der Waals surface area contributed by atoms with Gasteiger partial charge in [-0.1, -0.05) is 23.8 Å². The second-order valence-corrected chi connectivity index (χ2v) is 4.87. The lowest BCUT2D eigenvalue weighted by Gasteiger charge is -2.10. The fourth-order valence-electron chi connectivity index (χ4n) is 1.77. The van der Waals surface area contributed by atoms with Crippen LogP contribution in [0, 0.1) is 0 Å². The Morgan fingerprint density at radius 2 is 2.12 bits per heavy atom. The molecule has 2 N–H and O–H groups in total. The minimum absolute atomic E-state index is 0. The van der Waals surface area contributed by atoms with E-state index in [1.54, 1.807) is 11.3 Å². The fraction of sp³-hybridized carbons (Fsp3) is 0.231. The van der Waals surface area contributed by atoms with Crippen LogP contribution in [-0.2, 0) is 0 Å². The Morgan fingerprint density at radius 1 is 1.44 bits per heavy atom. The maximum Gasteiger partial charge on any atom is 0.0346 e. The van der Waals surface area contributed by atoms with Crippen LogP contribution in [0.1, 0.15) is 24.9 Å². The van der Waals surface area contributed by atoms with Crippen molar-refractivity contribution < 1.29 is 0 Å². The number of hydrogen-bond donors (Lipinski definition) is 1. The Labute approximate surface area is 106 Å². The van der Waals surface area contributed by atoms with E-state index in [2.05, 4.69) is 36.2 Å². The van der Waals surface area contributed by atoms with Crippen LogP contribution in [0.5, 0.6) is 0 Å². The highest BCUT2D eigenvalue weighted by atomic mass is 35.5. The summed E-state index contributed by atoms with van der Waals surface area (Å²) in [4.78, 5) is 0. The van der Waals surface area contributed by atoms with Crippen LogP contribution in [0.2, 0.25) is 0 Å². The van der Waals surface area contributed by atoms with Gasteiger partial charge in [-0.05, 0) is 35.7 Å². The van der Waals surface area contributed by atoms with Gasteiger partial charge >= 0.3 is 0 Å². The third-order valence-electron chi connectivity index (χ3n) is 2.48. The molecule has 0 bridgehead atoms. The summed E-state index contributed by atoms with van der Waals surface area (Å²) >= 11 is 1.76. The average Bonchev–Trinajstić information content (AvgIpc) is 2.59. The molecule has 86 valence electrons. The Morgan fingerprint density at radius 3 is 2.81 bits per heavy atom. The molecule has 2 aromatic rings. The van der Waals surface area contributed by atoms with E-state index in [1.165, 1.54) is 15.6 Å². The molecular weight excluding hydrogens is 238 g/mol. The van der Waals surface area contributed by atoms with Crippen molar-refractivity contribution in [1.29, 1.82) is 0 Å². The van der Waals surface area contributed by atoms with Crippen LogP contribution in [0.4, 0.5) is 0 Å². The van der Waals surface area contributed by atoms with E-state index in [0.717, 1.165) is 12.0 Å². The van der Waals surface area contributed by atoms with Crippen molar-refractivity contribution in [2.75, 3.05) is 0 Å². The second-order valence-electron chi connectivity index (χ2n) is 3.95. The van der Waals surface area contributed by atoms with Gasteiger partial charge in [0.15, 0.2) is 0 Å². The van der Waals surface area contributed by atoms with Crippen molar-refractivity contribution >= 4 is 33.8 Å². The number of hydrogen-bond acceptors (Lipinski definition) is 2. The standard InChI is InChI=1S/C13H15NS.ClH/c1-9(2)7-12(14)11-8-15-13-6-4-3-5-10(11)13;/h3-6,8,12H,1,7,14H2,2H3;1H/t12-;/m0./s1. The first-order valence-electron chi connectivity index (χ1n) is 5.04. The number of thiophene rings is 1. The Hall–Kier alpha value is -0.830. The quantitative estimate of drug-likeness (QED) is 0.812. The molecule has 0 spiro atoms. The molecule has 0 aliphatic carbocycles. The molecule has 0 aliphatic heterocycles. The van der Waals surface area contributed by atoms with Crippen molar-refractivity contribution in [2.24, 2.45) is 5.73 Å². The van der Waals surface area contributed by atoms with Crippen LogP contribution >= 0.6 is 23.7 Å². The summed E-state index contributed by atoms with van der Waals surface area (Å²) in [6, 6.07) is 8.48. The first kappa shape index (κ1) is 13.2. The summed E-state index contributed by atoms with van der Waals surface area (Å²) < 4.78 is 1.31. The van der Waals surface area contributed by atoms with E-state index < -0.39 is 0 Å². The minimum atomic E-state index is 0. The largest absolute Gasteiger partial charge is 0.324 e. The van der Waals surface area contributed by atoms with Crippen molar-refractivity contribution in [3.05, 3.63) is 47.4 Å². The van der Waals surface area contributed by atoms with E-state index in [1.807, 2.05) is 6.92 Å². The van der Waals surface area contributed by atoms with Crippen LogP contribution in [0.3, 0.4) is 0 Å². The molecule has 0 saturated carbocycles. The highest BCUT2D eigenvalue weighted by Gasteiger charge is 2.11. The van der Waals surface area contributed by atoms with Crippen molar-refractivity contribution in [1.82, 2.24) is 0 Å². The van der Waals surface area contributed by atoms with E-state index in [9.17, 15) is 0 Å². The summed E-state index contributed by atoms with van der Waals surface area (Å²) in [6.07, 6.45) is 0.862. The lowest BCUT2D eigenvalue weighted by Crippen LogP contribution is -2.09. The van der Waals surface area contributed by atoms with Crippen molar-refractivity contribution in [3.63, 3.8) is 0 Å². The van der Waals surface area contributed by atoms with Gasteiger partial charge in [0.1, 0.15) is 0 Å². The SMILES string of the molecule is C=C(C)C[C@H](N)c1csc2ccccc12.Cl. The van der Waals surface area contributed by atoms with Gasteiger partial charge in [0.05, 0.1) is 0 Å². The molecule has 1 aromatic heterocycles. The van der Waals surface area contributed by atoms with Crippen molar-refractivity contribution in [2.45, 2.75) is 19.4 Å². The molecule has 1 aromatic carbocycles. The highest BCUT2D eigenvalue weighted by molar-refractivity contribution is 7.17. The molecule has 0 unspecified atom stereocenters. The number of rotatable bonds is 3. The zero-order chi connectivity index (χ0) is 10.8. The van der Waals surface area contributed by atoms with Crippen molar-refractivity contribution in [3.8, 4) is 0 Å². The van der Waals surface area contributed by atoms with Gasteiger partial charge in [0, 0.05) is 10.7 Å². The van der Waals surface area contributed by atoms with E-state index in [-0.39, 0.29) is 18.4 Å². The monoisotopic (exact) mass is 253 g/mol. The molecule has 0 saturated heterocycles. The third-order valence-corrected chi connectivity index (χ3v) is 3.46. The van der Waals surface area contributed by atoms with E-state index in [0.29, 0.717) is 0 Å². The Bertz CT molecular complexity index is 489. The molecule has 0 amide bonds. The van der Waals surface area contributed by atoms with Gasteiger partial charge in [-0.15, -0.1) is 30.3 Å². The minimum Gasteiger partial charge on any atom is -0.324 e. The molecule has 3 heteroatoms. The maximum absolute atomic E-state index is 6.15. The molecule has 1 heterocycles. The van der Waals surface area contributed by atoms with Gasteiger partial charge in [-0.25, -0.2) is 0 Å². The predicted octanol–water partition coefficient (Wildman–Crippen LogP) is 4.29. The van der Waals surface area contributed by atoms with Crippen LogP contribution in [-0.4, -0.2) is 0 Å². The van der Waals surface area contributed by atoms with E-state index in [4.69, 9.17) is 5.73 Å². The van der Waals surface area contributed by atoms with Gasteiger partial charge in [0.2, 0.25) is 0 Å². The molecule has 16 heavy (non-hydrogen) atoms. The molecule has 0 fully saturated rings. The van der Waals surface area contributed by atoms with E-state index >= 15 is 0 Å². The second kappa shape index (κ2) is 5.48.